The Labute approximate surface area is 164 Å². The molecule has 130 valence electrons. The van der Waals surface area contributed by atoms with Crippen molar-refractivity contribution in [2.45, 2.75) is 16.6 Å². The molecule has 0 amide bonds. The van der Waals surface area contributed by atoms with Gasteiger partial charge in [0.1, 0.15) is 5.01 Å². The van der Waals surface area contributed by atoms with E-state index < -0.39 is 0 Å². The second kappa shape index (κ2) is 8.44. The molecule has 0 fully saturated rings. The van der Waals surface area contributed by atoms with Crippen LogP contribution < -0.4 is 5.32 Å². The van der Waals surface area contributed by atoms with Gasteiger partial charge in [-0.2, -0.15) is 0 Å². The summed E-state index contributed by atoms with van der Waals surface area (Å²) < 4.78 is 0.954. The highest BCUT2D eigenvalue weighted by molar-refractivity contribution is 8.00. The average molecular weight is 397 g/mol. The first-order chi connectivity index (χ1) is 12.9. The van der Waals surface area contributed by atoms with Crippen molar-refractivity contribution in [1.29, 1.82) is 0 Å². The van der Waals surface area contributed by atoms with Crippen LogP contribution in [0, 0.1) is 0 Å². The fourth-order valence-electron chi connectivity index (χ4n) is 2.34. The molecule has 2 aromatic carbocycles. The smallest absolute Gasteiger partial charge is 0.206 e. The number of nitrogens with zero attached hydrogens (tertiary/aromatic N) is 3. The minimum absolute atomic E-state index is 0.757. The third kappa shape index (κ3) is 4.49. The molecular formula is C19H16N4S3. The van der Waals surface area contributed by atoms with E-state index in [4.69, 9.17) is 4.98 Å². The Morgan fingerprint density at radius 1 is 0.923 bits per heavy atom. The lowest BCUT2D eigenvalue weighted by Crippen LogP contribution is -1.98. The minimum atomic E-state index is 0.757. The van der Waals surface area contributed by atoms with Gasteiger partial charge in [0.25, 0.3) is 0 Å². The molecule has 4 rings (SSSR count). The summed E-state index contributed by atoms with van der Waals surface area (Å²) in [7, 11) is 0. The highest BCUT2D eigenvalue weighted by Gasteiger charge is 2.08. The minimum Gasteiger partial charge on any atom is -0.356 e. The van der Waals surface area contributed by atoms with E-state index in [0.717, 1.165) is 38.0 Å². The Kier molecular flexibility index (Phi) is 5.59. The van der Waals surface area contributed by atoms with E-state index in [1.807, 2.05) is 36.4 Å². The largest absolute Gasteiger partial charge is 0.356 e. The van der Waals surface area contributed by atoms with Gasteiger partial charge in [-0.3, -0.25) is 0 Å². The van der Waals surface area contributed by atoms with Gasteiger partial charge in [0.2, 0.25) is 5.13 Å². The van der Waals surface area contributed by atoms with Gasteiger partial charge in [-0.25, -0.2) is 4.98 Å². The van der Waals surface area contributed by atoms with Gasteiger partial charge in [-0.1, -0.05) is 83.8 Å². The van der Waals surface area contributed by atoms with Gasteiger partial charge in [0, 0.05) is 23.2 Å². The van der Waals surface area contributed by atoms with Crippen LogP contribution >= 0.6 is 34.4 Å². The lowest BCUT2D eigenvalue weighted by atomic mass is 10.2. The summed E-state index contributed by atoms with van der Waals surface area (Å²) in [6, 6.07) is 20.6. The van der Waals surface area contributed by atoms with Crippen molar-refractivity contribution >= 4 is 39.6 Å². The molecule has 4 nitrogen and oxygen atoms in total. The van der Waals surface area contributed by atoms with Gasteiger partial charge >= 0.3 is 0 Å². The number of anilines is 1. The first-order valence-corrected chi connectivity index (χ1v) is 10.8. The number of nitrogens with one attached hydrogen (secondary N) is 1. The van der Waals surface area contributed by atoms with E-state index in [1.165, 1.54) is 5.56 Å². The number of thioether (sulfide) groups is 1. The number of hydrogen-bond acceptors (Lipinski definition) is 7. The zero-order valence-corrected chi connectivity index (χ0v) is 16.3. The lowest BCUT2D eigenvalue weighted by molar-refractivity contribution is 0.994. The molecule has 0 aliphatic heterocycles. The standard InChI is InChI=1S/C19H16N4S3/c1-3-7-14(8-4-1)11-20-18-22-23-19(26-18)25-13-16-12-24-17(21-16)15-9-5-2-6-10-15/h1-10,12H,11,13H2,(H,20,22). The maximum Gasteiger partial charge on any atom is 0.206 e. The predicted octanol–water partition coefficient (Wildman–Crippen LogP) is 5.57. The van der Waals surface area contributed by atoms with Crippen LogP contribution in [-0.2, 0) is 12.3 Å². The van der Waals surface area contributed by atoms with Gasteiger partial charge in [-0.15, -0.1) is 21.5 Å². The van der Waals surface area contributed by atoms with E-state index in [1.54, 1.807) is 34.4 Å². The zero-order chi connectivity index (χ0) is 17.6. The first-order valence-electron chi connectivity index (χ1n) is 8.11. The number of benzene rings is 2. The van der Waals surface area contributed by atoms with Crippen LogP contribution in [0.15, 0.2) is 70.4 Å². The van der Waals surface area contributed by atoms with Crippen molar-refractivity contribution in [3.8, 4) is 10.6 Å². The Hall–Kier alpha value is -2.22. The topological polar surface area (TPSA) is 50.7 Å². The van der Waals surface area contributed by atoms with E-state index in [-0.39, 0.29) is 0 Å². The maximum absolute atomic E-state index is 4.72. The van der Waals surface area contributed by atoms with Crippen LogP contribution in [0.5, 0.6) is 0 Å². The number of hydrogen-bond donors (Lipinski definition) is 1. The molecule has 2 aromatic heterocycles. The summed E-state index contributed by atoms with van der Waals surface area (Å²) >= 11 is 4.93. The first kappa shape index (κ1) is 17.2. The normalized spacial score (nSPS) is 10.8. The fraction of sp³-hybridized carbons (Fsp3) is 0.105. The Bertz CT molecular complexity index is 951. The highest BCUT2D eigenvalue weighted by atomic mass is 32.2. The molecule has 4 aromatic rings. The number of aromatic nitrogens is 3. The second-order valence-corrected chi connectivity index (χ2v) is 8.57. The molecule has 0 saturated carbocycles. The highest BCUT2D eigenvalue weighted by Crippen LogP contribution is 2.30. The van der Waals surface area contributed by atoms with Crippen molar-refractivity contribution in [2.24, 2.45) is 0 Å². The monoisotopic (exact) mass is 396 g/mol. The third-order valence-corrected chi connectivity index (χ3v) is 6.60. The van der Waals surface area contributed by atoms with E-state index in [0.29, 0.717) is 0 Å². The van der Waals surface area contributed by atoms with Gasteiger partial charge in [0.05, 0.1) is 5.69 Å². The van der Waals surface area contributed by atoms with Gasteiger partial charge in [-0.05, 0) is 5.56 Å². The molecule has 0 atom stereocenters. The molecule has 0 aliphatic rings. The van der Waals surface area contributed by atoms with E-state index in [2.05, 4.69) is 45.2 Å². The SMILES string of the molecule is c1ccc(CNc2nnc(SCc3csc(-c4ccccc4)n3)s2)cc1. The lowest BCUT2D eigenvalue weighted by Gasteiger charge is -2.00. The summed E-state index contributed by atoms with van der Waals surface area (Å²) in [5.74, 6) is 0.802. The predicted molar refractivity (Wildman–Crippen MR) is 111 cm³/mol. The second-order valence-electron chi connectivity index (χ2n) is 5.51. The average Bonchev–Trinajstić information content (AvgIpc) is 3.36. The quantitative estimate of drug-likeness (QED) is 0.414. The molecule has 0 aliphatic carbocycles. The van der Waals surface area contributed by atoms with Crippen LogP contribution in [0.25, 0.3) is 10.6 Å². The van der Waals surface area contributed by atoms with Crippen LogP contribution in [0.4, 0.5) is 5.13 Å². The van der Waals surface area contributed by atoms with Crippen molar-refractivity contribution in [2.75, 3.05) is 5.32 Å². The van der Waals surface area contributed by atoms with E-state index >= 15 is 0 Å². The molecule has 0 unspecified atom stereocenters. The molecule has 0 radical (unpaired) electrons. The van der Waals surface area contributed by atoms with Crippen LogP contribution in [-0.4, -0.2) is 15.2 Å². The van der Waals surface area contributed by atoms with Crippen molar-refractivity contribution < 1.29 is 0 Å². The molecular weight excluding hydrogens is 380 g/mol. The number of rotatable bonds is 7. The van der Waals surface area contributed by atoms with Crippen molar-refractivity contribution in [3.63, 3.8) is 0 Å². The molecule has 0 saturated heterocycles. The maximum atomic E-state index is 4.72. The van der Waals surface area contributed by atoms with Gasteiger partial charge in [0.15, 0.2) is 4.34 Å². The van der Waals surface area contributed by atoms with Crippen LogP contribution in [0.1, 0.15) is 11.3 Å². The Balaban J connectivity index is 1.31. The molecule has 0 bridgehead atoms. The van der Waals surface area contributed by atoms with Crippen molar-refractivity contribution in [3.05, 3.63) is 77.3 Å². The zero-order valence-electron chi connectivity index (χ0n) is 13.8. The summed E-state index contributed by atoms with van der Waals surface area (Å²) in [5, 5.41) is 15.8. The van der Waals surface area contributed by atoms with Crippen LogP contribution in [0.2, 0.25) is 0 Å². The molecule has 26 heavy (non-hydrogen) atoms. The molecule has 1 N–H and O–H groups in total. The molecule has 2 heterocycles. The summed E-state index contributed by atoms with van der Waals surface area (Å²) in [6.07, 6.45) is 0. The Morgan fingerprint density at radius 3 is 2.50 bits per heavy atom. The van der Waals surface area contributed by atoms with Gasteiger partial charge < -0.3 is 5.32 Å². The molecule has 0 spiro atoms. The van der Waals surface area contributed by atoms with Crippen LogP contribution in [0.3, 0.4) is 0 Å². The molecule has 7 heteroatoms. The van der Waals surface area contributed by atoms with Crippen molar-refractivity contribution in [1.82, 2.24) is 15.2 Å². The van der Waals surface area contributed by atoms with E-state index in [9.17, 15) is 0 Å². The summed E-state index contributed by atoms with van der Waals surface area (Å²) in [5.41, 5.74) is 3.47. The Morgan fingerprint density at radius 2 is 1.69 bits per heavy atom. The summed E-state index contributed by atoms with van der Waals surface area (Å²) in [6.45, 7) is 0.757. The summed E-state index contributed by atoms with van der Waals surface area (Å²) in [4.78, 5) is 4.72. The number of thiazole rings is 1. The fourth-order valence-corrected chi connectivity index (χ4v) is 4.91. The third-order valence-electron chi connectivity index (χ3n) is 3.61.